The van der Waals surface area contributed by atoms with Crippen LogP contribution in [-0.2, 0) is 23.5 Å². The molecule has 0 aromatic carbocycles. The van der Waals surface area contributed by atoms with Crippen LogP contribution in [0.4, 0.5) is 5.69 Å². The van der Waals surface area contributed by atoms with Crippen molar-refractivity contribution in [2.75, 3.05) is 6.54 Å². The molecule has 0 atom stereocenters. The zero-order valence-electron chi connectivity index (χ0n) is 10.7. The monoisotopic (exact) mass is 351 g/mol. The maximum atomic E-state index is 12.0. The van der Waals surface area contributed by atoms with E-state index >= 15 is 0 Å². The second kappa shape index (κ2) is 6.05. The highest BCUT2D eigenvalue weighted by molar-refractivity contribution is 7.91. The molecule has 0 amide bonds. The van der Waals surface area contributed by atoms with E-state index in [0.717, 1.165) is 6.07 Å². The van der Waals surface area contributed by atoms with Gasteiger partial charge in [0.1, 0.15) is 10.5 Å². The van der Waals surface area contributed by atoms with Gasteiger partial charge in [-0.3, -0.25) is 14.8 Å². The van der Waals surface area contributed by atoms with Crippen molar-refractivity contribution in [2.45, 2.75) is 10.6 Å². The maximum Gasteiger partial charge on any atom is 0.300 e. The SMILES string of the molecule is Cn1cnc(CCNS(=O)(=O)c2cc([N+](=O)[O-])c(Cl)s2)n1. The predicted molar refractivity (Wildman–Crippen MR) is 75.9 cm³/mol. The minimum absolute atomic E-state index is 0.0790. The lowest BCUT2D eigenvalue weighted by molar-refractivity contribution is -0.384. The van der Waals surface area contributed by atoms with Crippen molar-refractivity contribution in [1.82, 2.24) is 19.5 Å². The number of aromatic nitrogens is 3. The topological polar surface area (TPSA) is 120 Å². The summed E-state index contributed by atoms with van der Waals surface area (Å²) >= 11 is 6.28. The van der Waals surface area contributed by atoms with Gasteiger partial charge >= 0.3 is 0 Å². The quantitative estimate of drug-likeness (QED) is 0.611. The summed E-state index contributed by atoms with van der Waals surface area (Å²) in [6.45, 7) is 0.0790. The van der Waals surface area contributed by atoms with Crippen molar-refractivity contribution >= 4 is 38.6 Å². The van der Waals surface area contributed by atoms with Crippen LogP contribution in [0.1, 0.15) is 5.82 Å². The Balaban J connectivity index is 2.04. The zero-order chi connectivity index (χ0) is 15.6. The van der Waals surface area contributed by atoms with Gasteiger partial charge in [-0.1, -0.05) is 11.6 Å². The van der Waals surface area contributed by atoms with Crippen LogP contribution in [0.3, 0.4) is 0 Å². The van der Waals surface area contributed by atoms with Gasteiger partial charge in [0.25, 0.3) is 5.69 Å². The number of hydrogen-bond acceptors (Lipinski definition) is 7. The minimum atomic E-state index is -3.84. The molecule has 2 aromatic rings. The molecular formula is C9H10ClN5O4S2. The molecule has 1 N–H and O–H groups in total. The summed E-state index contributed by atoms with van der Waals surface area (Å²) in [6.07, 6.45) is 1.81. The van der Waals surface area contributed by atoms with Crippen molar-refractivity contribution in [1.29, 1.82) is 0 Å². The Morgan fingerprint density at radius 2 is 2.29 bits per heavy atom. The van der Waals surface area contributed by atoms with Gasteiger partial charge in [-0.15, -0.1) is 11.3 Å². The molecule has 0 bridgehead atoms. The largest absolute Gasteiger partial charge is 0.300 e. The highest BCUT2D eigenvalue weighted by Gasteiger charge is 2.24. The van der Waals surface area contributed by atoms with E-state index in [-0.39, 0.29) is 15.1 Å². The van der Waals surface area contributed by atoms with E-state index in [1.54, 1.807) is 7.05 Å². The molecular weight excluding hydrogens is 342 g/mol. The van der Waals surface area contributed by atoms with Gasteiger partial charge < -0.3 is 0 Å². The van der Waals surface area contributed by atoms with Crippen LogP contribution in [0, 0.1) is 10.1 Å². The highest BCUT2D eigenvalue weighted by Crippen LogP contribution is 2.35. The second-order valence-corrected chi connectivity index (χ2v) is 7.61. The Morgan fingerprint density at radius 3 is 2.81 bits per heavy atom. The Bertz CT molecular complexity index is 769. The second-order valence-electron chi connectivity index (χ2n) is 3.96. The van der Waals surface area contributed by atoms with Crippen molar-refractivity contribution in [3.05, 3.63) is 32.7 Å². The molecule has 0 aliphatic heterocycles. The summed E-state index contributed by atoms with van der Waals surface area (Å²) in [5, 5.41) is 14.7. The lowest BCUT2D eigenvalue weighted by Crippen LogP contribution is -2.25. The Hall–Kier alpha value is -1.56. The summed E-state index contributed by atoms with van der Waals surface area (Å²) in [5.41, 5.74) is -0.423. The average Bonchev–Trinajstić information content (AvgIpc) is 2.96. The molecule has 2 aromatic heterocycles. The first kappa shape index (κ1) is 15.8. The fraction of sp³-hybridized carbons (Fsp3) is 0.333. The van der Waals surface area contributed by atoms with Crippen molar-refractivity contribution in [2.24, 2.45) is 7.05 Å². The Kier molecular flexibility index (Phi) is 4.56. The van der Waals surface area contributed by atoms with Crippen LogP contribution in [0.15, 0.2) is 16.6 Å². The summed E-state index contributed by atoms with van der Waals surface area (Å²) < 4.78 is 27.4. The number of nitrogens with one attached hydrogen (secondary N) is 1. The molecule has 2 heterocycles. The molecule has 0 radical (unpaired) electrons. The molecule has 0 aliphatic carbocycles. The lowest BCUT2D eigenvalue weighted by Gasteiger charge is -2.02. The first-order chi connectivity index (χ1) is 9.79. The van der Waals surface area contributed by atoms with E-state index in [0.29, 0.717) is 23.6 Å². The van der Waals surface area contributed by atoms with Crippen molar-refractivity contribution in [3.8, 4) is 0 Å². The number of aryl methyl sites for hydroxylation is 1. The third kappa shape index (κ3) is 3.75. The number of hydrogen-bond donors (Lipinski definition) is 1. The van der Waals surface area contributed by atoms with Gasteiger partial charge in [0, 0.05) is 26.1 Å². The number of halogens is 1. The van der Waals surface area contributed by atoms with Gasteiger partial charge in [0.05, 0.1) is 4.92 Å². The standard InChI is InChI=1S/C9H10ClN5O4S2/c1-14-5-11-7(13-14)2-3-12-21(18,19)8-4-6(15(16)17)9(10)20-8/h4-5,12H,2-3H2,1H3. The third-order valence-electron chi connectivity index (χ3n) is 2.40. The molecule has 21 heavy (non-hydrogen) atoms. The zero-order valence-corrected chi connectivity index (χ0v) is 13.1. The van der Waals surface area contributed by atoms with E-state index in [9.17, 15) is 18.5 Å². The smallest absolute Gasteiger partial charge is 0.258 e. The van der Waals surface area contributed by atoms with Crippen molar-refractivity contribution < 1.29 is 13.3 Å². The average molecular weight is 352 g/mol. The van der Waals surface area contributed by atoms with Crippen LogP contribution >= 0.6 is 22.9 Å². The summed E-state index contributed by atoms with van der Waals surface area (Å²) in [7, 11) is -2.14. The number of sulfonamides is 1. The first-order valence-electron chi connectivity index (χ1n) is 5.57. The number of rotatable bonds is 6. The molecule has 0 saturated heterocycles. The normalized spacial score (nSPS) is 11.7. The van der Waals surface area contributed by atoms with E-state index < -0.39 is 20.6 Å². The lowest BCUT2D eigenvalue weighted by atomic mass is 10.4. The van der Waals surface area contributed by atoms with Crippen LogP contribution in [0.2, 0.25) is 4.34 Å². The van der Waals surface area contributed by atoms with Gasteiger partial charge in [0.2, 0.25) is 10.0 Å². The first-order valence-corrected chi connectivity index (χ1v) is 8.25. The molecule has 12 heteroatoms. The molecule has 0 spiro atoms. The van der Waals surface area contributed by atoms with Crippen LogP contribution in [0.25, 0.3) is 0 Å². The summed E-state index contributed by atoms with van der Waals surface area (Å²) in [5.74, 6) is 0.496. The maximum absolute atomic E-state index is 12.0. The van der Waals surface area contributed by atoms with E-state index in [1.807, 2.05) is 0 Å². The molecule has 9 nitrogen and oxygen atoms in total. The fourth-order valence-corrected chi connectivity index (χ4v) is 4.20. The van der Waals surface area contributed by atoms with E-state index in [1.165, 1.54) is 11.0 Å². The molecule has 2 rings (SSSR count). The molecule has 0 fully saturated rings. The predicted octanol–water partition coefficient (Wildman–Crippen LogP) is 0.959. The van der Waals surface area contributed by atoms with E-state index in [2.05, 4.69) is 14.8 Å². The molecule has 0 saturated carbocycles. The Labute approximate surface area is 128 Å². The highest BCUT2D eigenvalue weighted by atomic mass is 35.5. The van der Waals surface area contributed by atoms with Gasteiger partial charge in [-0.25, -0.2) is 18.1 Å². The van der Waals surface area contributed by atoms with Crippen LogP contribution in [-0.4, -0.2) is 34.7 Å². The van der Waals surface area contributed by atoms with Crippen LogP contribution in [0.5, 0.6) is 0 Å². The number of nitro groups is 1. The van der Waals surface area contributed by atoms with Gasteiger partial charge in [0.15, 0.2) is 10.2 Å². The van der Waals surface area contributed by atoms with Crippen LogP contribution < -0.4 is 4.72 Å². The Morgan fingerprint density at radius 1 is 1.57 bits per heavy atom. The fourth-order valence-electron chi connectivity index (χ4n) is 1.46. The van der Waals surface area contributed by atoms with Gasteiger partial charge in [-0.2, -0.15) is 5.10 Å². The van der Waals surface area contributed by atoms with Gasteiger partial charge in [-0.05, 0) is 0 Å². The minimum Gasteiger partial charge on any atom is -0.258 e. The number of nitrogens with zero attached hydrogens (tertiary/aromatic N) is 4. The summed E-state index contributed by atoms with van der Waals surface area (Å²) in [6, 6.07) is 0.939. The molecule has 0 aliphatic rings. The van der Waals surface area contributed by atoms with E-state index in [4.69, 9.17) is 11.6 Å². The molecule has 0 unspecified atom stereocenters. The third-order valence-corrected chi connectivity index (χ3v) is 5.67. The number of thiophene rings is 1. The molecule has 114 valence electrons. The van der Waals surface area contributed by atoms with Crippen molar-refractivity contribution in [3.63, 3.8) is 0 Å². The summed E-state index contributed by atoms with van der Waals surface area (Å²) in [4.78, 5) is 13.9.